The van der Waals surface area contributed by atoms with Crippen molar-refractivity contribution in [2.24, 2.45) is 0 Å². The number of hydrogen-bond donors (Lipinski definition) is 1. The molecule has 1 saturated carbocycles. The first kappa shape index (κ1) is 25.4. The Kier molecular flexibility index (Phi) is 8.66. The number of halogens is 2. The van der Waals surface area contributed by atoms with Gasteiger partial charge >= 0.3 is 0 Å². The number of benzene rings is 3. The van der Waals surface area contributed by atoms with E-state index < -0.39 is 24.4 Å². The maximum Gasteiger partial charge on any atom is 0.261 e. The summed E-state index contributed by atoms with van der Waals surface area (Å²) in [5.41, 5.74) is 1.57. The van der Waals surface area contributed by atoms with E-state index in [1.165, 1.54) is 35.2 Å². The van der Waals surface area contributed by atoms with Crippen molar-refractivity contribution < 1.29 is 23.1 Å². The van der Waals surface area contributed by atoms with Crippen molar-refractivity contribution in [2.45, 2.75) is 50.7 Å². The van der Waals surface area contributed by atoms with Gasteiger partial charge in [0.05, 0.1) is 0 Å². The fraction of sp³-hybridized carbons (Fsp3) is 0.310. The molecule has 1 N–H and O–H groups in total. The smallest absolute Gasteiger partial charge is 0.261 e. The lowest BCUT2D eigenvalue weighted by Crippen LogP contribution is -2.53. The summed E-state index contributed by atoms with van der Waals surface area (Å²) in [6.45, 7) is -0.362. The van der Waals surface area contributed by atoms with Crippen LogP contribution in [-0.2, 0) is 22.6 Å². The summed E-state index contributed by atoms with van der Waals surface area (Å²) in [5, 5.41) is 3.12. The Bertz CT molecular complexity index is 1150. The summed E-state index contributed by atoms with van der Waals surface area (Å²) in [6.07, 6.45) is 4.23. The van der Waals surface area contributed by atoms with Gasteiger partial charge in [0.2, 0.25) is 5.91 Å². The molecule has 5 nitrogen and oxygen atoms in total. The van der Waals surface area contributed by atoms with Gasteiger partial charge in [0.15, 0.2) is 18.2 Å². The number of nitrogens with one attached hydrogen (secondary N) is 1. The Morgan fingerprint density at radius 1 is 0.889 bits per heavy atom. The number of para-hydroxylation sites is 1. The van der Waals surface area contributed by atoms with Crippen LogP contribution in [0.15, 0.2) is 78.9 Å². The topological polar surface area (TPSA) is 58.6 Å². The predicted octanol–water partition coefficient (Wildman–Crippen LogP) is 5.04. The van der Waals surface area contributed by atoms with Crippen molar-refractivity contribution in [3.63, 3.8) is 0 Å². The molecule has 1 aliphatic rings. The molecule has 4 rings (SSSR count). The highest BCUT2D eigenvalue weighted by atomic mass is 19.1. The third-order valence-electron chi connectivity index (χ3n) is 6.43. The summed E-state index contributed by atoms with van der Waals surface area (Å²) in [6, 6.07) is 20.4. The van der Waals surface area contributed by atoms with E-state index >= 15 is 0 Å². The lowest BCUT2D eigenvalue weighted by atomic mass is 10.0. The molecular formula is C29H30F2N2O3. The molecule has 2 amide bonds. The van der Waals surface area contributed by atoms with E-state index in [4.69, 9.17) is 4.74 Å². The number of nitrogens with zero attached hydrogens (tertiary/aromatic N) is 1. The monoisotopic (exact) mass is 492 g/mol. The first-order valence-corrected chi connectivity index (χ1v) is 12.2. The van der Waals surface area contributed by atoms with Crippen LogP contribution in [0, 0.1) is 11.6 Å². The fourth-order valence-corrected chi connectivity index (χ4v) is 4.49. The first-order valence-electron chi connectivity index (χ1n) is 12.2. The maximum absolute atomic E-state index is 14.1. The summed E-state index contributed by atoms with van der Waals surface area (Å²) in [7, 11) is 0. The van der Waals surface area contributed by atoms with Gasteiger partial charge in [0, 0.05) is 19.0 Å². The van der Waals surface area contributed by atoms with Crippen LogP contribution in [0.25, 0.3) is 0 Å². The van der Waals surface area contributed by atoms with Crippen molar-refractivity contribution >= 4 is 11.8 Å². The van der Waals surface area contributed by atoms with Crippen LogP contribution in [0.1, 0.15) is 36.8 Å². The zero-order valence-corrected chi connectivity index (χ0v) is 20.0. The Labute approximate surface area is 210 Å². The van der Waals surface area contributed by atoms with Crippen molar-refractivity contribution in [1.82, 2.24) is 10.2 Å². The lowest BCUT2D eigenvalue weighted by molar-refractivity contribution is -0.143. The van der Waals surface area contributed by atoms with Gasteiger partial charge in [-0.15, -0.1) is 0 Å². The molecule has 0 aliphatic heterocycles. The van der Waals surface area contributed by atoms with Crippen LogP contribution in [0.4, 0.5) is 8.78 Å². The molecule has 188 valence electrons. The van der Waals surface area contributed by atoms with Gasteiger partial charge in [-0.25, -0.2) is 8.78 Å². The standard InChI is InChI=1S/C29H30F2N2O3/c30-23-16-14-22(15-17-23)19-33(28(34)20-36-27-13-7-6-12-25(27)31)26(18-21-8-2-1-3-9-21)29(35)32-24-10-4-5-11-24/h1-3,6-9,12-17,24,26H,4-5,10-11,18-20H2,(H,32,35). The van der Waals surface area contributed by atoms with Gasteiger partial charge in [-0.2, -0.15) is 0 Å². The Morgan fingerprint density at radius 2 is 1.56 bits per heavy atom. The molecule has 0 saturated heterocycles. The summed E-state index contributed by atoms with van der Waals surface area (Å²) in [4.78, 5) is 28.5. The van der Waals surface area contributed by atoms with E-state index in [9.17, 15) is 18.4 Å². The van der Waals surface area contributed by atoms with E-state index in [2.05, 4.69) is 5.32 Å². The van der Waals surface area contributed by atoms with Crippen molar-refractivity contribution in [3.8, 4) is 5.75 Å². The average molecular weight is 493 g/mol. The van der Waals surface area contributed by atoms with Gasteiger partial charge in [-0.05, 0) is 48.2 Å². The molecule has 0 bridgehead atoms. The minimum Gasteiger partial charge on any atom is -0.481 e. The first-order chi connectivity index (χ1) is 17.5. The minimum atomic E-state index is -0.824. The van der Waals surface area contributed by atoms with Gasteiger partial charge in [-0.1, -0.05) is 67.4 Å². The summed E-state index contributed by atoms with van der Waals surface area (Å²) >= 11 is 0. The molecule has 0 radical (unpaired) electrons. The highest BCUT2D eigenvalue weighted by molar-refractivity contribution is 5.88. The second-order valence-electron chi connectivity index (χ2n) is 9.06. The molecule has 0 spiro atoms. The second kappa shape index (κ2) is 12.3. The van der Waals surface area contributed by atoms with Crippen molar-refractivity contribution in [3.05, 3.63) is 102 Å². The Balaban J connectivity index is 1.61. The molecule has 0 aromatic heterocycles. The molecule has 0 heterocycles. The summed E-state index contributed by atoms with van der Waals surface area (Å²) in [5.74, 6) is -1.71. The van der Waals surface area contributed by atoms with Gasteiger partial charge in [0.1, 0.15) is 11.9 Å². The van der Waals surface area contributed by atoms with Crippen LogP contribution in [0.3, 0.4) is 0 Å². The molecule has 1 fully saturated rings. The van der Waals surface area contributed by atoms with Crippen LogP contribution >= 0.6 is 0 Å². The third kappa shape index (κ3) is 6.90. The second-order valence-corrected chi connectivity index (χ2v) is 9.06. The molecule has 36 heavy (non-hydrogen) atoms. The number of carbonyl (C=O) groups is 2. The Morgan fingerprint density at radius 3 is 2.25 bits per heavy atom. The van der Waals surface area contributed by atoms with Crippen LogP contribution in [0.2, 0.25) is 0 Å². The highest BCUT2D eigenvalue weighted by Crippen LogP contribution is 2.21. The number of ether oxygens (including phenoxy) is 1. The maximum atomic E-state index is 14.1. The molecule has 1 unspecified atom stereocenters. The average Bonchev–Trinajstić information content (AvgIpc) is 3.40. The van der Waals surface area contributed by atoms with Gasteiger partial charge < -0.3 is 15.0 Å². The van der Waals surface area contributed by atoms with Gasteiger partial charge in [-0.3, -0.25) is 9.59 Å². The van der Waals surface area contributed by atoms with Crippen molar-refractivity contribution in [2.75, 3.05) is 6.61 Å². The minimum absolute atomic E-state index is 0.0393. The normalized spacial score (nSPS) is 14.3. The SMILES string of the molecule is O=C(NC1CCCC1)C(Cc1ccccc1)N(Cc1ccc(F)cc1)C(=O)COc1ccccc1F. The summed E-state index contributed by atoms with van der Waals surface area (Å²) < 4.78 is 33.1. The van der Waals surface area contributed by atoms with Crippen molar-refractivity contribution in [1.29, 1.82) is 0 Å². The third-order valence-corrected chi connectivity index (χ3v) is 6.43. The van der Waals surface area contributed by atoms with E-state index in [0.29, 0.717) is 12.0 Å². The van der Waals surface area contributed by atoms with Crippen LogP contribution in [0.5, 0.6) is 5.75 Å². The van der Waals surface area contributed by atoms with E-state index in [0.717, 1.165) is 31.2 Å². The van der Waals surface area contributed by atoms with E-state index in [1.807, 2.05) is 30.3 Å². The molecular weight excluding hydrogens is 462 g/mol. The molecule has 1 aliphatic carbocycles. The molecule has 3 aromatic carbocycles. The lowest BCUT2D eigenvalue weighted by Gasteiger charge is -2.32. The quantitative estimate of drug-likeness (QED) is 0.431. The zero-order chi connectivity index (χ0) is 25.3. The van der Waals surface area contributed by atoms with Gasteiger partial charge in [0.25, 0.3) is 5.91 Å². The number of carbonyl (C=O) groups excluding carboxylic acids is 2. The largest absolute Gasteiger partial charge is 0.481 e. The number of amides is 2. The predicted molar refractivity (Wildman–Crippen MR) is 133 cm³/mol. The zero-order valence-electron chi connectivity index (χ0n) is 20.0. The van der Waals surface area contributed by atoms with Crippen LogP contribution in [-0.4, -0.2) is 35.4 Å². The highest BCUT2D eigenvalue weighted by Gasteiger charge is 2.32. The number of rotatable bonds is 10. The molecule has 1 atom stereocenters. The molecule has 7 heteroatoms. The Hall–Kier alpha value is -3.74. The van der Waals surface area contributed by atoms with Crippen LogP contribution < -0.4 is 10.1 Å². The van der Waals surface area contributed by atoms with E-state index in [1.54, 1.807) is 18.2 Å². The fourth-order valence-electron chi connectivity index (χ4n) is 4.49. The molecule has 3 aromatic rings. The number of hydrogen-bond acceptors (Lipinski definition) is 3. The van der Waals surface area contributed by atoms with E-state index in [-0.39, 0.29) is 30.1 Å².